The van der Waals surface area contributed by atoms with Crippen LogP contribution in [-0.4, -0.2) is 37.0 Å². The molecule has 2 heterocycles. The molecule has 1 aromatic heterocycles. The summed E-state index contributed by atoms with van der Waals surface area (Å²) in [6.07, 6.45) is 3.09. The summed E-state index contributed by atoms with van der Waals surface area (Å²) >= 11 is 1.73. The molecule has 1 amide bonds. The highest BCUT2D eigenvalue weighted by atomic mass is 32.2. The molecule has 0 spiro atoms. The van der Waals surface area contributed by atoms with Crippen molar-refractivity contribution in [1.82, 2.24) is 9.78 Å². The Bertz CT molecular complexity index is 1150. The van der Waals surface area contributed by atoms with Gasteiger partial charge in [0.25, 0.3) is 0 Å². The van der Waals surface area contributed by atoms with Crippen molar-refractivity contribution in [3.8, 4) is 22.9 Å². The van der Waals surface area contributed by atoms with E-state index in [1.807, 2.05) is 0 Å². The quantitative estimate of drug-likeness (QED) is 0.531. The molecule has 166 valence electrons. The van der Waals surface area contributed by atoms with E-state index in [9.17, 15) is 9.18 Å². The number of aromatic nitrogens is 2. The van der Waals surface area contributed by atoms with E-state index in [-0.39, 0.29) is 11.7 Å². The van der Waals surface area contributed by atoms with E-state index in [1.165, 1.54) is 39.5 Å². The van der Waals surface area contributed by atoms with Crippen molar-refractivity contribution < 1.29 is 23.4 Å². The van der Waals surface area contributed by atoms with Gasteiger partial charge in [-0.2, -0.15) is 16.9 Å². The van der Waals surface area contributed by atoms with Crippen molar-refractivity contribution in [3.05, 3.63) is 65.1 Å². The summed E-state index contributed by atoms with van der Waals surface area (Å²) in [5.41, 5.74) is 3.29. The molecule has 0 saturated heterocycles. The van der Waals surface area contributed by atoms with Crippen LogP contribution in [0.5, 0.6) is 17.2 Å². The molecule has 0 saturated carbocycles. The first-order chi connectivity index (χ1) is 15.5. The third-order valence-electron chi connectivity index (χ3n) is 4.98. The van der Waals surface area contributed by atoms with Crippen LogP contribution in [0.25, 0.3) is 11.8 Å². The fourth-order valence-corrected chi connectivity index (χ4v) is 4.47. The predicted octanol–water partition coefficient (Wildman–Crippen LogP) is 4.44. The van der Waals surface area contributed by atoms with Gasteiger partial charge in [-0.05, 0) is 48.0 Å². The lowest BCUT2D eigenvalue weighted by molar-refractivity contribution is -0.111. The number of carbonyl (C=O) groups excluding carboxylic acids is 1. The number of hydrogen-bond donors (Lipinski definition) is 1. The molecule has 4 rings (SSSR count). The Morgan fingerprint density at radius 2 is 1.78 bits per heavy atom. The van der Waals surface area contributed by atoms with Crippen LogP contribution in [-0.2, 0) is 16.3 Å². The lowest BCUT2D eigenvalue weighted by Gasteiger charge is -2.13. The normalized spacial score (nSPS) is 12.6. The van der Waals surface area contributed by atoms with E-state index in [4.69, 9.17) is 14.2 Å². The number of thioether (sulfide) groups is 1. The lowest BCUT2D eigenvalue weighted by atomic mass is 10.1. The zero-order valence-corrected chi connectivity index (χ0v) is 18.7. The van der Waals surface area contributed by atoms with Crippen LogP contribution in [0.15, 0.2) is 42.5 Å². The number of fused-ring (bicyclic) bond motifs is 1. The van der Waals surface area contributed by atoms with Crippen LogP contribution >= 0.6 is 11.8 Å². The molecule has 1 aliphatic heterocycles. The van der Waals surface area contributed by atoms with Crippen LogP contribution in [0.4, 0.5) is 10.2 Å². The molecule has 0 bridgehead atoms. The van der Waals surface area contributed by atoms with Gasteiger partial charge < -0.3 is 19.5 Å². The molecule has 2 aromatic carbocycles. The summed E-state index contributed by atoms with van der Waals surface area (Å²) in [7, 11) is 4.60. The molecule has 0 atom stereocenters. The Morgan fingerprint density at radius 3 is 2.41 bits per heavy atom. The van der Waals surface area contributed by atoms with Gasteiger partial charge in [0.15, 0.2) is 11.5 Å². The molecule has 32 heavy (non-hydrogen) atoms. The number of benzene rings is 2. The summed E-state index contributed by atoms with van der Waals surface area (Å²) in [6, 6.07) is 9.50. The Balaban J connectivity index is 1.60. The van der Waals surface area contributed by atoms with Crippen LogP contribution in [0.1, 0.15) is 16.8 Å². The largest absolute Gasteiger partial charge is 0.493 e. The lowest BCUT2D eigenvalue weighted by Crippen LogP contribution is -2.13. The summed E-state index contributed by atoms with van der Waals surface area (Å²) in [4.78, 5) is 12.8. The number of hydrogen-bond acceptors (Lipinski definition) is 6. The zero-order chi connectivity index (χ0) is 22.7. The van der Waals surface area contributed by atoms with Gasteiger partial charge in [-0.15, -0.1) is 0 Å². The minimum absolute atomic E-state index is 0.318. The molecule has 7 nitrogen and oxygen atoms in total. The number of methoxy groups -OCH3 is 3. The van der Waals surface area contributed by atoms with E-state index in [2.05, 4.69) is 10.4 Å². The van der Waals surface area contributed by atoms with E-state index in [0.717, 1.165) is 22.8 Å². The molecule has 1 N–H and O–H groups in total. The molecule has 0 unspecified atom stereocenters. The SMILES string of the molecule is COc1cc(/C=C\C(=O)Nc2c3c(nn2-c2ccc(F)cc2)CSC3)cc(OC)c1OC. The number of rotatable bonds is 7. The maximum atomic E-state index is 13.4. The van der Waals surface area contributed by atoms with Crippen molar-refractivity contribution in [2.24, 2.45) is 0 Å². The summed E-state index contributed by atoms with van der Waals surface area (Å²) in [5.74, 6) is 2.94. The van der Waals surface area contributed by atoms with E-state index >= 15 is 0 Å². The Morgan fingerprint density at radius 1 is 1.09 bits per heavy atom. The average Bonchev–Trinajstić information content (AvgIpc) is 3.40. The number of amides is 1. The smallest absolute Gasteiger partial charge is 0.249 e. The number of nitrogens with one attached hydrogen (secondary N) is 1. The van der Waals surface area contributed by atoms with Gasteiger partial charge in [-0.25, -0.2) is 9.07 Å². The Labute approximate surface area is 189 Å². The van der Waals surface area contributed by atoms with Crippen molar-refractivity contribution in [2.75, 3.05) is 26.6 Å². The maximum absolute atomic E-state index is 13.4. The van der Waals surface area contributed by atoms with Crippen molar-refractivity contribution >= 4 is 29.6 Å². The van der Waals surface area contributed by atoms with Gasteiger partial charge >= 0.3 is 0 Å². The van der Waals surface area contributed by atoms with E-state index in [0.29, 0.717) is 34.3 Å². The molecule has 0 radical (unpaired) electrons. The average molecular weight is 456 g/mol. The van der Waals surface area contributed by atoms with Gasteiger partial charge in [-0.1, -0.05) is 0 Å². The highest BCUT2D eigenvalue weighted by molar-refractivity contribution is 7.98. The molecule has 1 aliphatic rings. The predicted molar refractivity (Wildman–Crippen MR) is 122 cm³/mol. The van der Waals surface area contributed by atoms with Crippen molar-refractivity contribution in [3.63, 3.8) is 0 Å². The van der Waals surface area contributed by atoms with Gasteiger partial charge in [0.2, 0.25) is 11.7 Å². The Kier molecular flexibility index (Phi) is 6.36. The minimum Gasteiger partial charge on any atom is -0.493 e. The molecular weight excluding hydrogens is 433 g/mol. The second-order valence-electron chi connectivity index (χ2n) is 6.94. The monoisotopic (exact) mass is 455 g/mol. The number of ether oxygens (including phenoxy) is 3. The molecule has 3 aromatic rings. The van der Waals surface area contributed by atoms with Gasteiger partial charge in [0, 0.05) is 23.1 Å². The van der Waals surface area contributed by atoms with Gasteiger partial charge in [0.1, 0.15) is 11.6 Å². The second-order valence-corrected chi connectivity index (χ2v) is 7.92. The molecule has 9 heteroatoms. The highest BCUT2D eigenvalue weighted by Gasteiger charge is 2.24. The standard InChI is InChI=1S/C23H22FN3O4S/c1-29-19-10-14(11-20(30-2)22(19)31-3)4-9-21(28)25-23-17-12-32-13-18(17)26-27(23)16-7-5-15(24)6-8-16/h4-11H,12-13H2,1-3H3,(H,25,28)/b9-4-. The zero-order valence-electron chi connectivity index (χ0n) is 17.8. The first-order valence-corrected chi connectivity index (χ1v) is 10.9. The van der Waals surface area contributed by atoms with Crippen LogP contribution in [0.3, 0.4) is 0 Å². The van der Waals surface area contributed by atoms with Crippen molar-refractivity contribution in [2.45, 2.75) is 11.5 Å². The fraction of sp³-hybridized carbons (Fsp3) is 0.217. The second kappa shape index (κ2) is 9.35. The molecular formula is C23H22FN3O4S. The van der Waals surface area contributed by atoms with E-state index < -0.39 is 0 Å². The highest BCUT2D eigenvalue weighted by Crippen LogP contribution is 2.39. The Hall–Kier alpha value is -3.46. The third kappa shape index (κ3) is 4.29. The fourth-order valence-electron chi connectivity index (χ4n) is 3.44. The maximum Gasteiger partial charge on any atom is 0.249 e. The number of nitrogens with zero attached hydrogens (tertiary/aromatic N) is 2. The van der Waals surface area contributed by atoms with Crippen LogP contribution in [0, 0.1) is 5.82 Å². The number of anilines is 1. The molecule has 0 aliphatic carbocycles. The van der Waals surface area contributed by atoms with Gasteiger partial charge in [-0.3, -0.25) is 4.79 Å². The molecule has 0 fully saturated rings. The number of halogens is 1. The minimum atomic E-state index is -0.331. The van der Waals surface area contributed by atoms with E-state index in [1.54, 1.807) is 46.8 Å². The van der Waals surface area contributed by atoms with Crippen LogP contribution < -0.4 is 19.5 Å². The van der Waals surface area contributed by atoms with Crippen LogP contribution in [0.2, 0.25) is 0 Å². The summed E-state index contributed by atoms with van der Waals surface area (Å²) in [6.45, 7) is 0. The first-order valence-electron chi connectivity index (χ1n) is 9.77. The topological polar surface area (TPSA) is 74.6 Å². The van der Waals surface area contributed by atoms with Gasteiger partial charge in [0.05, 0.1) is 32.7 Å². The third-order valence-corrected chi connectivity index (χ3v) is 5.95. The summed E-state index contributed by atoms with van der Waals surface area (Å²) < 4.78 is 31.0. The number of carbonyl (C=O) groups is 1. The summed E-state index contributed by atoms with van der Waals surface area (Å²) in [5, 5.41) is 7.55. The van der Waals surface area contributed by atoms with Crippen molar-refractivity contribution in [1.29, 1.82) is 0 Å². The first kappa shape index (κ1) is 21.8.